The Morgan fingerprint density at radius 1 is 1.32 bits per heavy atom. The number of hydrogen-bond acceptors (Lipinski definition) is 4. The Morgan fingerprint density at radius 3 is 2.72 bits per heavy atom. The lowest BCUT2D eigenvalue weighted by Crippen LogP contribution is -2.34. The Kier molecular flexibility index (Phi) is 6.48. The van der Waals surface area contributed by atoms with Gasteiger partial charge in [-0.2, -0.15) is 0 Å². The normalized spacial score (nSPS) is 15.0. The first-order valence-electron chi connectivity index (χ1n) is 8.80. The molecule has 0 amide bonds. The predicted octanol–water partition coefficient (Wildman–Crippen LogP) is 3.79. The SMILES string of the molecule is C=C/C(=C\C)COc1cc2n(n1)CCN(C(=C)COCC(C)(C)C)C2. The number of ether oxygens (including phenoxy) is 2. The molecule has 1 aliphatic heterocycles. The van der Waals surface area contributed by atoms with Crippen molar-refractivity contribution < 1.29 is 9.47 Å². The van der Waals surface area contributed by atoms with Gasteiger partial charge in [0, 0.05) is 18.3 Å². The van der Waals surface area contributed by atoms with Gasteiger partial charge in [0.15, 0.2) is 0 Å². The highest BCUT2D eigenvalue weighted by Gasteiger charge is 2.20. The van der Waals surface area contributed by atoms with E-state index >= 15 is 0 Å². The van der Waals surface area contributed by atoms with Crippen molar-refractivity contribution in [2.24, 2.45) is 5.41 Å². The molecule has 0 N–H and O–H groups in total. The van der Waals surface area contributed by atoms with Crippen LogP contribution in [0.15, 0.2) is 42.6 Å². The van der Waals surface area contributed by atoms with Crippen molar-refractivity contribution in [2.45, 2.75) is 40.8 Å². The Balaban J connectivity index is 1.88. The Morgan fingerprint density at radius 2 is 2.08 bits per heavy atom. The molecule has 5 nitrogen and oxygen atoms in total. The highest BCUT2D eigenvalue weighted by Crippen LogP contribution is 2.21. The van der Waals surface area contributed by atoms with E-state index in [0.717, 1.165) is 43.2 Å². The lowest BCUT2D eigenvalue weighted by molar-refractivity contribution is 0.0711. The van der Waals surface area contributed by atoms with Gasteiger partial charge < -0.3 is 14.4 Å². The van der Waals surface area contributed by atoms with Crippen LogP contribution in [-0.2, 0) is 17.8 Å². The lowest BCUT2D eigenvalue weighted by atomic mass is 9.99. The van der Waals surface area contributed by atoms with Crippen molar-refractivity contribution in [3.05, 3.63) is 48.3 Å². The van der Waals surface area contributed by atoms with Crippen molar-refractivity contribution >= 4 is 0 Å². The van der Waals surface area contributed by atoms with Crippen LogP contribution in [0.1, 0.15) is 33.4 Å². The van der Waals surface area contributed by atoms with Crippen LogP contribution in [0.25, 0.3) is 0 Å². The first-order valence-corrected chi connectivity index (χ1v) is 8.80. The maximum atomic E-state index is 5.79. The molecule has 0 saturated heterocycles. The largest absolute Gasteiger partial charge is 0.472 e. The summed E-state index contributed by atoms with van der Waals surface area (Å²) in [4.78, 5) is 2.25. The van der Waals surface area contributed by atoms with Gasteiger partial charge in [-0.3, -0.25) is 4.68 Å². The van der Waals surface area contributed by atoms with Crippen molar-refractivity contribution in [3.63, 3.8) is 0 Å². The summed E-state index contributed by atoms with van der Waals surface area (Å²) in [5.41, 5.74) is 3.38. The maximum Gasteiger partial charge on any atom is 0.233 e. The van der Waals surface area contributed by atoms with E-state index in [0.29, 0.717) is 19.1 Å². The average Bonchev–Trinajstić information content (AvgIpc) is 2.96. The summed E-state index contributed by atoms with van der Waals surface area (Å²) in [6.45, 7) is 20.7. The molecule has 0 aromatic carbocycles. The Labute approximate surface area is 151 Å². The van der Waals surface area contributed by atoms with Crippen molar-refractivity contribution in [1.82, 2.24) is 14.7 Å². The van der Waals surface area contributed by atoms with E-state index in [9.17, 15) is 0 Å². The second kappa shape index (κ2) is 8.39. The first-order chi connectivity index (χ1) is 11.8. The van der Waals surface area contributed by atoms with Gasteiger partial charge in [0.05, 0.1) is 32.0 Å². The van der Waals surface area contributed by atoms with E-state index in [1.807, 2.05) is 23.7 Å². The number of nitrogens with zero attached hydrogens (tertiary/aromatic N) is 3. The van der Waals surface area contributed by atoms with E-state index in [4.69, 9.17) is 9.47 Å². The Hall–Kier alpha value is -2.01. The molecule has 0 aliphatic carbocycles. The predicted molar refractivity (Wildman–Crippen MR) is 102 cm³/mol. The van der Waals surface area contributed by atoms with Crippen molar-refractivity contribution in [3.8, 4) is 5.88 Å². The molecule has 0 fully saturated rings. The summed E-state index contributed by atoms with van der Waals surface area (Å²) in [6.07, 6.45) is 3.80. The summed E-state index contributed by atoms with van der Waals surface area (Å²) in [5, 5.41) is 4.52. The van der Waals surface area contributed by atoms with Crippen molar-refractivity contribution in [2.75, 3.05) is 26.4 Å². The fraction of sp³-hybridized carbons (Fsp3) is 0.550. The minimum atomic E-state index is 0.171. The van der Waals surface area contributed by atoms with Crippen LogP contribution in [0.5, 0.6) is 5.88 Å². The summed E-state index contributed by atoms with van der Waals surface area (Å²) >= 11 is 0. The topological polar surface area (TPSA) is 39.5 Å². The molecule has 25 heavy (non-hydrogen) atoms. The van der Waals surface area contributed by atoms with Gasteiger partial charge in [-0.1, -0.05) is 46.1 Å². The van der Waals surface area contributed by atoms with Crippen LogP contribution in [0, 0.1) is 5.41 Å². The van der Waals surface area contributed by atoms with Gasteiger partial charge in [-0.15, -0.1) is 5.10 Å². The zero-order valence-corrected chi connectivity index (χ0v) is 16.0. The zero-order valence-electron chi connectivity index (χ0n) is 16.0. The number of rotatable bonds is 8. The molecule has 2 rings (SSSR count). The monoisotopic (exact) mass is 345 g/mol. The number of fused-ring (bicyclic) bond motifs is 1. The van der Waals surface area contributed by atoms with Crippen LogP contribution in [0.4, 0.5) is 0 Å². The second-order valence-electron chi connectivity index (χ2n) is 7.59. The molecule has 1 aromatic heterocycles. The molecule has 0 atom stereocenters. The Bertz CT molecular complexity index is 638. The molecule has 0 spiro atoms. The summed E-state index contributed by atoms with van der Waals surface area (Å²) < 4.78 is 13.6. The van der Waals surface area contributed by atoms with E-state index in [-0.39, 0.29) is 5.41 Å². The zero-order chi connectivity index (χ0) is 18.4. The van der Waals surface area contributed by atoms with Gasteiger partial charge in [-0.05, 0) is 17.9 Å². The second-order valence-corrected chi connectivity index (χ2v) is 7.59. The number of allylic oxidation sites excluding steroid dienone is 1. The number of aromatic nitrogens is 2. The third-order valence-corrected chi connectivity index (χ3v) is 4.05. The van der Waals surface area contributed by atoms with Crippen LogP contribution >= 0.6 is 0 Å². The third-order valence-electron chi connectivity index (χ3n) is 4.05. The van der Waals surface area contributed by atoms with Gasteiger partial charge in [0.2, 0.25) is 5.88 Å². The average molecular weight is 345 g/mol. The molecular weight excluding hydrogens is 314 g/mol. The summed E-state index contributed by atoms with van der Waals surface area (Å²) in [7, 11) is 0. The van der Waals surface area contributed by atoms with Crippen LogP contribution in [0.3, 0.4) is 0 Å². The minimum absolute atomic E-state index is 0.171. The number of hydrogen-bond donors (Lipinski definition) is 0. The van der Waals surface area contributed by atoms with Crippen LogP contribution < -0.4 is 4.74 Å². The smallest absolute Gasteiger partial charge is 0.233 e. The van der Waals surface area contributed by atoms with Gasteiger partial charge in [0.1, 0.15) is 6.61 Å². The lowest BCUT2D eigenvalue weighted by Gasteiger charge is -2.31. The molecule has 0 saturated carbocycles. The molecule has 138 valence electrons. The molecule has 2 heterocycles. The third kappa shape index (κ3) is 5.78. The van der Waals surface area contributed by atoms with Crippen LogP contribution in [0.2, 0.25) is 0 Å². The fourth-order valence-corrected chi connectivity index (χ4v) is 2.56. The van der Waals surface area contributed by atoms with E-state index < -0.39 is 0 Å². The van der Waals surface area contributed by atoms with Gasteiger partial charge in [0.25, 0.3) is 0 Å². The highest BCUT2D eigenvalue weighted by atomic mass is 16.5. The van der Waals surface area contributed by atoms with E-state index in [1.54, 1.807) is 6.08 Å². The maximum absolute atomic E-state index is 5.79. The van der Waals surface area contributed by atoms with E-state index in [1.165, 1.54) is 0 Å². The fourth-order valence-electron chi connectivity index (χ4n) is 2.56. The molecule has 0 unspecified atom stereocenters. The van der Waals surface area contributed by atoms with Crippen molar-refractivity contribution in [1.29, 1.82) is 0 Å². The van der Waals surface area contributed by atoms with Gasteiger partial charge in [-0.25, -0.2) is 0 Å². The first kappa shape index (κ1) is 19.3. The minimum Gasteiger partial charge on any atom is -0.472 e. The summed E-state index contributed by atoms with van der Waals surface area (Å²) in [5.74, 6) is 0.660. The molecule has 1 aromatic rings. The highest BCUT2D eigenvalue weighted by molar-refractivity contribution is 5.21. The molecule has 1 aliphatic rings. The molecule has 0 radical (unpaired) electrons. The van der Waals surface area contributed by atoms with E-state index in [2.05, 4.69) is 43.9 Å². The quantitative estimate of drug-likeness (QED) is 0.672. The van der Waals surface area contributed by atoms with Gasteiger partial charge >= 0.3 is 0 Å². The molecule has 5 heteroatoms. The van der Waals surface area contributed by atoms with Crippen LogP contribution in [-0.4, -0.2) is 41.0 Å². The molecular formula is C20H31N3O2. The summed E-state index contributed by atoms with van der Waals surface area (Å²) in [6, 6.07) is 2.01. The molecule has 0 bridgehead atoms. The standard InChI is InChI=1S/C20H31N3O2/c1-7-17(8-2)14-25-19-11-18-12-22(9-10-23(18)21-19)16(3)13-24-15-20(4,5)6/h7-8,11H,1,3,9-10,12-15H2,2,4-6H3/b17-8+.